The van der Waals surface area contributed by atoms with Crippen molar-refractivity contribution in [3.05, 3.63) is 11.6 Å². The molecule has 0 unspecified atom stereocenters. The number of carbonyl (C=O) groups excluding carboxylic acids is 1. The van der Waals surface area contributed by atoms with Crippen molar-refractivity contribution < 1.29 is 4.79 Å². The van der Waals surface area contributed by atoms with E-state index in [-0.39, 0.29) is 5.91 Å². The summed E-state index contributed by atoms with van der Waals surface area (Å²) < 4.78 is 2.31. The van der Waals surface area contributed by atoms with Gasteiger partial charge in [-0.25, -0.2) is 0 Å². The summed E-state index contributed by atoms with van der Waals surface area (Å²) in [5.74, 6) is 3.70. The molecule has 3 fully saturated rings. The average molecular weight is 302 g/mol. The maximum absolute atomic E-state index is 12.1. The molecule has 1 aromatic rings. The highest BCUT2D eigenvalue weighted by molar-refractivity contribution is 5.75. The van der Waals surface area contributed by atoms with Crippen LogP contribution in [0.15, 0.2) is 0 Å². The number of hydrogen-bond donors (Lipinski definition) is 1. The predicted octanol–water partition coefficient (Wildman–Crippen LogP) is 3.08. The molecule has 0 atom stereocenters. The van der Waals surface area contributed by atoms with Crippen LogP contribution in [-0.2, 0) is 11.3 Å². The average Bonchev–Trinajstić information content (AvgIpc) is 3.45. The maximum Gasteiger partial charge on any atom is 0.220 e. The first-order chi connectivity index (χ1) is 10.8. The summed E-state index contributed by atoms with van der Waals surface area (Å²) in [6, 6.07) is 0.594. The summed E-state index contributed by atoms with van der Waals surface area (Å²) in [6.07, 6.45) is 12.0. The Morgan fingerprint density at radius 3 is 2.55 bits per heavy atom. The highest BCUT2D eigenvalue weighted by Crippen LogP contribution is 2.44. The van der Waals surface area contributed by atoms with Crippen molar-refractivity contribution in [2.75, 3.05) is 0 Å². The fourth-order valence-electron chi connectivity index (χ4n) is 3.71. The smallest absolute Gasteiger partial charge is 0.220 e. The molecule has 22 heavy (non-hydrogen) atoms. The zero-order valence-corrected chi connectivity index (χ0v) is 13.3. The van der Waals surface area contributed by atoms with Gasteiger partial charge in [0.1, 0.15) is 5.82 Å². The maximum atomic E-state index is 12.1. The Morgan fingerprint density at radius 1 is 1.09 bits per heavy atom. The summed E-state index contributed by atoms with van der Waals surface area (Å²) in [7, 11) is 0. The Bertz CT molecular complexity index is 539. The van der Waals surface area contributed by atoms with Gasteiger partial charge >= 0.3 is 0 Å². The molecule has 4 rings (SSSR count). The van der Waals surface area contributed by atoms with E-state index in [2.05, 4.69) is 20.1 Å². The van der Waals surface area contributed by atoms with Crippen LogP contribution >= 0.6 is 0 Å². The molecular weight excluding hydrogens is 276 g/mol. The SMILES string of the molecule is O=C(CCC1CCCC1)NCc1nnc(C2CC2)n1C1CC1. The van der Waals surface area contributed by atoms with E-state index in [1.807, 2.05) is 0 Å². The van der Waals surface area contributed by atoms with Gasteiger partial charge in [0, 0.05) is 18.4 Å². The molecular formula is C17H26N4O. The molecule has 0 aromatic carbocycles. The van der Waals surface area contributed by atoms with Crippen molar-refractivity contribution >= 4 is 5.91 Å². The molecule has 3 aliphatic rings. The van der Waals surface area contributed by atoms with E-state index in [4.69, 9.17) is 0 Å². The molecule has 0 aliphatic heterocycles. The first-order valence-corrected chi connectivity index (χ1v) is 9.01. The molecule has 0 saturated heterocycles. The minimum atomic E-state index is 0.171. The molecule has 0 radical (unpaired) electrons. The third-order valence-electron chi connectivity index (χ3n) is 5.35. The van der Waals surface area contributed by atoms with Crippen molar-refractivity contribution in [1.29, 1.82) is 0 Å². The van der Waals surface area contributed by atoms with Crippen LogP contribution in [-0.4, -0.2) is 20.7 Å². The van der Waals surface area contributed by atoms with Gasteiger partial charge in [-0.3, -0.25) is 4.79 Å². The van der Waals surface area contributed by atoms with Crippen LogP contribution in [0.1, 0.15) is 87.8 Å². The van der Waals surface area contributed by atoms with Gasteiger partial charge in [-0.2, -0.15) is 0 Å². The second-order valence-corrected chi connectivity index (χ2v) is 7.32. The number of rotatable bonds is 7. The van der Waals surface area contributed by atoms with Crippen LogP contribution in [0, 0.1) is 5.92 Å². The van der Waals surface area contributed by atoms with Gasteiger partial charge in [0.2, 0.25) is 5.91 Å². The van der Waals surface area contributed by atoms with Crippen LogP contribution in [0.5, 0.6) is 0 Å². The lowest BCUT2D eigenvalue weighted by molar-refractivity contribution is -0.121. The lowest BCUT2D eigenvalue weighted by Gasteiger charge is -2.11. The minimum absolute atomic E-state index is 0.171. The van der Waals surface area contributed by atoms with Crippen molar-refractivity contribution in [2.45, 2.75) is 82.7 Å². The van der Waals surface area contributed by atoms with Gasteiger partial charge in [0.05, 0.1) is 6.54 Å². The standard InChI is InChI=1S/C17H26N4O/c22-16(10-5-12-3-1-2-4-12)18-11-15-19-20-17(13-6-7-13)21(15)14-8-9-14/h12-14H,1-11H2,(H,18,22). The van der Waals surface area contributed by atoms with Crippen molar-refractivity contribution in [3.63, 3.8) is 0 Å². The Morgan fingerprint density at radius 2 is 1.86 bits per heavy atom. The Kier molecular flexibility index (Phi) is 3.89. The normalized spacial score (nSPS) is 22.2. The monoisotopic (exact) mass is 302 g/mol. The van der Waals surface area contributed by atoms with Crippen LogP contribution in [0.2, 0.25) is 0 Å². The number of hydrogen-bond acceptors (Lipinski definition) is 3. The summed E-state index contributed by atoms with van der Waals surface area (Å²) in [5, 5.41) is 11.8. The first-order valence-electron chi connectivity index (χ1n) is 9.01. The van der Waals surface area contributed by atoms with Gasteiger partial charge in [-0.05, 0) is 38.0 Å². The molecule has 3 saturated carbocycles. The zero-order chi connectivity index (χ0) is 14.9. The first kappa shape index (κ1) is 14.2. The van der Waals surface area contributed by atoms with Crippen molar-refractivity contribution in [1.82, 2.24) is 20.1 Å². The van der Waals surface area contributed by atoms with Crippen LogP contribution < -0.4 is 5.32 Å². The molecule has 5 nitrogen and oxygen atoms in total. The predicted molar refractivity (Wildman–Crippen MR) is 83.3 cm³/mol. The van der Waals surface area contributed by atoms with Crippen LogP contribution in [0.4, 0.5) is 0 Å². The number of amides is 1. The quantitative estimate of drug-likeness (QED) is 0.842. The van der Waals surface area contributed by atoms with Gasteiger partial charge in [0.15, 0.2) is 5.82 Å². The molecule has 1 aromatic heterocycles. The number of nitrogens with one attached hydrogen (secondary N) is 1. The topological polar surface area (TPSA) is 59.8 Å². The van der Waals surface area contributed by atoms with E-state index in [0.29, 0.717) is 24.9 Å². The molecule has 3 aliphatic carbocycles. The largest absolute Gasteiger partial charge is 0.349 e. The van der Waals surface area contributed by atoms with Gasteiger partial charge in [0.25, 0.3) is 0 Å². The van der Waals surface area contributed by atoms with E-state index in [0.717, 1.165) is 24.0 Å². The van der Waals surface area contributed by atoms with E-state index in [1.165, 1.54) is 51.4 Å². The molecule has 0 bridgehead atoms. The summed E-state index contributed by atoms with van der Waals surface area (Å²) in [5.41, 5.74) is 0. The summed E-state index contributed by atoms with van der Waals surface area (Å²) in [4.78, 5) is 12.1. The third-order valence-corrected chi connectivity index (χ3v) is 5.35. The highest BCUT2D eigenvalue weighted by Gasteiger charge is 2.36. The lowest BCUT2D eigenvalue weighted by atomic mass is 10.0. The summed E-state index contributed by atoms with van der Waals surface area (Å²) >= 11 is 0. The molecule has 1 amide bonds. The van der Waals surface area contributed by atoms with Crippen LogP contribution in [0.25, 0.3) is 0 Å². The Hall–Kier alpha value is -1.39. The summed E-state index contributed by atoms with van der Waals surface area (Å²) in [6.45, 7) is 0.541. The minimum Gasteiger partial charge on any atom is -0.349 e. The fraction of sp³-hybridized carbons (Fsp3) is 0.824. The molecule has 120 valence electrons. The molecule has 0 spiro atoms. The van der Waals surface area contributed by atoms with Gasteiger partial charge in [-0.15, -0.1) is 10.2 Å². The third kappa shape index (κ3) is 3.18. The zero-order valence-electron chi connectivity index (χ0n) is 13.3. The molecule has 5 heteroatoms. The number of carbonyl (C=O) groups is 1. The second kappa shape index (κ2) is 6.01. The van der Waals surface area contributed by atoms with Crippen molar-refractivity contribution in [3.8, 4) is 0 Å². The van der Waals surface area contributed by atoms with Gasteiger partial charge in [-0.1, -0.05) is 25.7 Å². The number of nitrogens with zero attached hydrogens (tertiary/aromatic N) is 3. The van der Waals surface area contributed by atoms with Crippen LogP contribution in [0.3, 0.4) is 0 Å². The fourth-order valence-corrected chi connectivity index (χ4v) is 3.71. The molecule has 1 N–H and O–H groups in total. The Labute approximate surface area is 131 Å². The number of aromatic nitrogens is 3. The second-order valence-electron chi connectivity index (χ2n) is 7.32. The lowest BCUT2D eigenvalue weighted by Crippen LogP contribution is -2.25. The highest BCUT2D eigenvalue weighted by atomic mass is 16.1. The van der Waals surface area contributed by atoms with E-state index >= 15 is 0 Å². The van der Waals surface area contributed by atoms with E-state index < -0.39 is 0 Å². The van der Waals surface area contributed by atoms with E-state index in [1.54, 1.807) is 0 Å². The van der Waals surface area contributed by atoms with Crippen molar-refractivity contribution in [2.24, 2.45) is 5.92 Å². The Balaban J connectivity index is 1.30. The molecule has 1 heterocycles. The van der Waals surface area contributed by atoms with Gasteiger partial charge < -0.3 is 9.88 Å². The van der Waals surface area contributed by atoms with E-state index in [9.17, 15) is 4.79 Å².